The number of aliphatic carboxylic acids is 2. The number of hydrogen-bond acceptors (Lipinski definition) is 5. The largest absolute Gasteiger partial charge is 0.481 e. The summed E-state index contributed by atoms with van der Waals surface area (Å²) in [5, 5.41) is 18.8. The van der Waals surface area contributed by atoms with Crippen molar-refractivity contribution in [2.75, 3.05) is 25.1 Å². The van der Waals surface area contributed by atoms with Gasteiger partial charge >= 0.3 is 18.0 Å². The van der Waals surface area contributed by atoms with E-state index in [9.17, 15) is 24.3 Å². The standard InChI is InChI=1S/C20H28N2O7/c1-5-20(18(26)27,13-12-16(23)24)22(6-2)17(25)14-8-10-15(11-9-14)21(4)19(28)29-7-3/h8-11H,5-7,12-13H2,1-4H3,(H,23,24)(H,26,27)/t20-/m0/s1. The Morgan fingerprint density at radius 1 is 1.03 bits per heavy atom. The molecule has 2 N–H and O–H groups in total. The summed E-state index contributed by atoms with van der Waals surface area (Å²) in [6, 6.07) is 6.11. The molecule has 0 radical (unpaired) electrons. The van der Waals surface area contributed by atoms with Gasteiger partial charge in [-0.2, -0.15) is 0 Å². The van der Waals surface area contributed by atoms with Crippen molar-refractivity contribution in [3.8, 4) is 0 Å². The summed E-state index contributed by atoms with van der Waals surface area (Å²) in [6.45, 7) is 5.29. The predicted molar refractivity (Wildman–Crippen MR) is 106 cm³/mol. The molecule has 0 aliphatic heterocycles. The minimum Gasteiger partial charge on any atom is -0.481 e. The number of carboxylic acids is 2. The van der Waals surface area contributed by atoms with E-state index < -0.39 is 29.5 Å². The summed E-state index contributed by atoms with van der Waals surface area (Å²) < 4.78 is 4.92. The second-order valence-electron chi connectivity index (χ2n) is 6.44. The number of rotatable bonds is 10. The van der Waals surface area contributed by atoms with Gasteiger partial charge < -0.3 is 19.8 Å². The topological polar surface area (TPSA) is 124 Å². The fraction of sp³-hybridized carbons (Fsp3) is 0.500. The van der Waals surface area contributed by atoms with Crippen LogP contribution in [-0.2, 0) is 14.3 Å². The van der Waals surface area contributed by atoms with Crippen molar-refractivity contribution >= 4 is 29.6 Å². The van der Waals surface area contributed by atoms with Crippen LogP contribution in [-0.4, -0.2) is 64.8 Å². The Morgan fingerprint density at radius 2 is 1.62 bits per heavy atom. The molecule has 29 heavy (non-hydrogen) atoms. The van der Waals surface area contributed by atoms with Crippen molar-refractivity contribution in [3.05, 3.63) is 29.8 Å². The molecule has 9 heteroatoms. The number of amides is 2. The molecule has 0 aliphatic rings. The van der Waals surface area contributed by atoms with Crippen molar-refractivity contribution in [2.24, 2.45) is 0 Å². The number of carbonyl (C=O) groups excluding carboxylic acids is 2. The summed E-state index contributed by atoms with van der Waals surface area (Å²) in [4.78, 5) is 50.4. The van der Waals surface area contributed by atoms with Gasteiger partial charge in [-0.3, -0.25) is 14.5 Å². The number of anilines is 1. The van der Waals surface area contributed by atoms with Crippen LogP contribution in [0.3, 0.4) is 0 Å². The van der Waals surface area contributed by atoms with Crippen molar-refractivity contribution < 1.29 is 34.1 Å². The first-order valence-electron chi connectivity index (χ1n) is 9.42. The van der Waals surface area contributed by atoms with Crippen LogP contribution < -0.4 is 4.90 Å². The molecule has 1 rings (SSSR count). The molecule has 2 amide bonds. The monoisotopic (exact) mass is 408 g/mol. The molecular formula is C20H28N2O7. The van der Waals surface area contributed by atoms with Crippen molar-refractivity contribution in [3.63, 3.8) is 0 Å². The van der Waals surface area contributed by atoms with E-state index in [-0.39, 0.29) is 38.0 Å². The molecule has 0 fully saturated rings. The Hall–Kier alpha value is -3.10. The summed E-state index contributed by atoms with van der Waals surface area (Å²) >= 11 is 0. The Bertz CT molecular complexity index is 748. The zero-order valence-electron chi connectivity index (χ0n) is 17.2. The van der Waals surface area contributed by atoms with Crippen LogP contribution in [0.2, 0.25) is 0 Å². The SMILES string of the molecule is CCOC(=O)N(C)c1ccc(C(=O)N(CC)[C@@](CC)(CCC(=O)O)C(=O)O)cc1. The molecule has 0 aliphatic carbocycles. The Balaban J connectivity index is 3.18. The van der Waals surface area contributed by atoms with E-state index in [1.165, 1.54) is 29.0 Å². The fourth-order valence-electron chi connectivity index (χ4n) is 3.14. The summed E-state index contributed by atoms with van der Waals surface area (Å²) in [5.41, 5.74) is -0.874. The van der Waals surface area contributed by atoms with Crippen LogP contribution in [0.5, 0.6) is 0 Å². The summed E-state index contributed by atoms with van der Waals surface area (Å²) in [6.07, 6.45) is -1.03. The van der Waals surface area contributed by atoms with Gasteiger partial charge in [0.15, 0.2) is 0 Å². The number of carbonyl (C=O) groups is 4. The Labute approximate surface area is 169 Å². The van der Waals surface area contributed by atoms with Gasteiger partial charge in [0, 0.05) is 31.3 Å². The van der Waals surface area contributed by atoms with Gasteiger partial charge in [-0.05, 0) is 51.0 Å². The molecule has 0 spiro atoms. The normalized spacial score (nSPS) is 12.6. The minimum absolute atomic E-state index is 0.0683. The third-order valence-corrected chi connectivity index (χ3v) is 4.86. The molecule has 0 saturated carbocycles. The molecule has 0 unspecified atom stereocenters. The molecule has 0 heterocycles. The number of ether oxygens (including phenoxy) is 1. The van der Waals surface area contributed by atoms with E-state index in [1.807, 2.05) is 0 Å². The van der Waals surface area contributed by atoms with Crippen molar-refractivity contribution in [1.29, 1.82) is 0 Å². The van der Waals surface area contributed by atoms with E-state index in [4.69, 9.17) is 9.84 Å². The van der Waals surface area contributed by atoms with E-state index in [0.717, 1.165) is 0 Å². The smallest absolute Gasteiger partial charge is 0.413 e. The molecule has 9 nitrogen and oxygen atoms in total. The van der Waals surface area contributed by atoms with Gasteiger partial charge in [0.2, 0.25) is 0 Å². The lowest BCUT2D eigenvalue weighted by molar-refractivity contribution is -0.151. The van der Waals surface area contributed by atoms with Crippen LogP contribution >= 0.6 is 0 Å². The highest BCUT2D eigenvalue weighted by molar-refractivity contribution is 5.98. The molecule has 0 bridgehead atoms. The van der Waals surface area contributed by atoms with Gasteiger partial charge in [-0.25, -0.2) is 9.59 Å². The number of nitrogens with zero attached hydrogens (tertiary/aromatic N) is 2. The maximum atomic E-state index is 13.1. The van der Waals surface area contributed by atoms with E-state index in [0.29, 0.717) is 5.69 Å². The molecular weight excluding hydrogens is 380 g/mol. The molecule has 0 aromatic heterocycles. The van der Waals surface area contributed by atoms with Crippen molar-refractivity contribution in [2.45, 2.75) is 45.6 Å². The van der Waals surface area contributed by atoms with Crippen LogP contribution in [0, 0.1) is 0 Å². The number of likely N-dealkylation sites (N-methyl/N-ethyl adjacent to an activating group) is 1. The fourth-order valence-corrected chi connectivity index (χ4v) is 3.14. The van der Waals surface area contributed by atoms with E-state index >= 15 is 0 Å². The average molecular weight is 408 g/mol. The molecule has 1 aromatic carbocycles. The first-order chi connectivity index (χ1) is 13.6. The molecule has 160 valence electrons. The zero-order valence-corrected chi connectivity index (χ0v) is 17.2. The highest BCUT2D eigenvalue weighted by Gasteiger charge is 2.44. The first kappa shape index (κ1) is 23.9. The number of carboxylic acid groups (broad SMARTS) is 2. The van der Waals surface area contributed by atoms with Crippen LogP contribution in [0.1, 0.15) is 50.4 Å². The van der Waals surface area contributed by atoms with Crippen LogP contribution in [0.4, 0.5) is 10.5 Å². The molecule has 1 aromatic rings. The zero-order chi connectivity index (χ0) is 22.2. The second-order valence-corrected chi connectivity index (χ2v) is 6.44. The third-order valence-electron chi connectivity index (χ3n) is 4.86. The van der Waals surface area contributed by atoms with Crippen LogP contribution in [0.15, 0.2) is 24.3 Å². The van der Waals surface area contributed by atoms with Gasteiger partial charge in [-0.1, -0.05) is 6.92 Å². The molecule has 0 saturated heterocycles. The van der Waals surface area contributed by atoms with Gasteiger partial charge in [-0.15, -0.1) is 0 Å². The highest BCUT2D eigenvalue weighted by Crippen LogP contribution is 2.29. The quantitative estimate of drug-likeness (QED) is 0.610. The van der Waals surface area contributed by atoms with Gasteiger partial charge in [0.05, 0.1) is 6.61 Å². The van der Waals surface area contributed by atoms with Gasteiger partial charge in [0.1, 0.15) is 5.54 Å². The maximum Gasteiger partial charge on any atom is 0.413 e. The number of hydrogen-bond donors (Lipinski definition) is 2. The third kappa shape index (κ3) is 5.46. The van der Waals surface area contributed by atoms with E-state index in [2.05, 4.69) is 0 Å². The average Bonchev–Trinajstić information content (AvgIpc) is 2.70. The van der Waals surface area contributed by atoms with Crippen molar-refractivity contribution in [1.82, 2.24) is 4.90 Å². The predicted octanol–water partition coefficient (Wildman–Crippen LogP) is 2.84. The first-order valence-corrected chi connectivity index (χ1v) is 9.42. The summed E-state index contributed by atoms with van der Waals surface area (Å²) in [7, 11) is 1.53. The highest BCUT2D eigenvalue weighted by atomic mass is 16.6. The van der Waals surface area contributed by atoms with Gasteiger partial charge in [0.25, 0.3) is 5.91 Å². The van der Waals surface area contributed by atoms with Crippen LogP contribution in [0.25, 0.3) is 0 Å². The Morgan fingerprint density at radius 3 is 2.03 bits per heavy atom. The number of benzene rings is 1. The maximum absolute atomic E-state index is 13.1. The summed E-state index contributed by atoms with van der Waals surface area (Å²) in [5.74, 6) is -2.89. The minimum atomic E-state index is -1.62. The lowest BCUT2D eigenvalue weighted by Gasteiger charge is -2.39. The lowest BCUT2D eigenvalue weighted by Crippen LogP contribution is -2.57. The Kier molecular flexibility index (Phi) is 8.62. The van der Waals surface area contributed by atoms with E-state index in [1.54, 1.807) is 32.9 Å². The lowest BCUT2D eigenvalue weighted by atomic mass is 9.87. The second kappa shape index (κ2) is 10.4. The molecule has 1 atom stereocenters.